The largest absolute Gasteiger partial charge is 0.497 e. The van der Waals surface area contributed by atoms with Gasteiger partial charge in [-0.05, 0) is 48.6 Å². The summed E-state index contributed by atoms with van der Waals surface area (Å²) in [5.74, 6) is 2.35. The highest BCUT2D eigenvalue weighted by Crippen LogP contribution is 2.53. The summed E-state index contributed by atoms with van der Waals surface area (Å²) in [6.07, 6.45) is 1.08. The van der Waals surface area contributed by atoms with E-state index < -0.39 is 10.3 Å². The molecule has 0 spiro atoms. The average Bonchev–Trinajstić information content (AvgIpc) is 2.57. The number of carbonyl (C=O) groups is 1. The van der Waals surface area contributed by atoms with Crippen molar-refractivity contribution in [1.29, 1.82) is 0 Å². The number of anilines is 1. The highest BCUT2D eigenvalue weighted by atomic mass is 32.2. The molecule has 1 N–H and O–H groups in total. The van der Waals surface area contributed by atoms with Gasteiger partial charge >= 0.3 is 0 Å². The lowest BCUT2D eigenvalue weighted by Crippen LogP contribution is -2.71. The number of amides is 1. The molecule has 1 aromatic carbocycles. The van der Waals surface area contributed by atoms with Crippen molar-refractivity contribution in [2.45, 2.75) is 37.0 Å². The first-order valence-corrected chi connectivity index (χ1v) is 9.52. The van der Waals surface area contributed by atoms with Crippen LogP contribution in [-0.2, 0) is 4.79 Å². The number of benzene rings is 1. The molecule has 1 amide bonds. The van der Waals surface area contributed by atoms with Crippen LogP contribution in [0.2, 0.25) is 0 Å². The first-order chi connectivity index (χ1) is 10.6. The fourth-order valence-corrected chi connectivity index (χ4v) is 5.34. The molecule has 1 aromatic rings. The molecule has 4 nitrogen and oxygen atoms in total. The van der Waals surface area contributed by atoms with Crippen LogP contribution < -0.4 is 9.64 Å². The minimum Gasteiger partial charge on any atom is -0.497 e. The zero-order valence-electron chi connectivity index (χ0n) is 13.2. The second kappa shape index (κ2) is 7.62. The quantitative estimate of drug-likeness (QED) is 0.580. The number of aliphatic hydroxyl groups excluding tert-OH is 1. The Morgan fingerprint density at radius 1 is 1.18 bits per heavy atom. The van der Waals surface area contributed by atoms with Gasteiger partial charge in [-0.25, -0.2) is 0 Å². The maximum Gasteiger partial charge on any atom is 0.262 e. The highest BCUT2D eigenvalue weighted by molar-refractivity contribution is 8.18. The number of methoxy groups -OCH3 is 1. The third-order valence-corrected chi connectivity index (χ3v) is 7.04. The van der Waals surface area contributed by atoms with Crippen LogP contribution in [0.1, 0.15) is 26.7 Å². The molecule has 1 aliphatic rings. The van der Waals surface area contributed by atoms with Gasteiger partial charge < -0.3 is 9.84 Å². The molecule has 0 radical (unpaired) electrons. The second-order valence-corrected chi connectivity index (χ2v) is 8.00. The summed E-state index contributed by atoms with van der Waals surface area (Å²) in [6, 6.07) is 7.42. The third kappa shape index (κ3) is 3.09. The lowest BCUT2D eigenvalue weighted by atomic mass is 10.1. The molecule has 1 atom stereocenters. The third-order valence-electron chi connectivity index (χ3n) is 3.47. The lowest BCUT2D eigenvalue weighted by molar-refractivity contribution is -0.134. The van der Waals surface area contributed by atoms with E-state index in [0.29, 0.717) is 0 Å². The molecule has 6 heteroatoms. The highest BCUT2D eigenvalue weighted by Gasteiger charge is 2.61. The van der Waals surface area contributed by atoms with Crippen molar-refractivity contribution >= 4 is 35.1 Å². The van der Waals surface area contributed by atoms with Crippen molar-refractivity contribution in [3.63, 3.8) is 0 Å². The number of carbonyl (C=O) groups excluding carboxylic acids is 1. The molecular weight excluding hydrogens is 318 g/mol. The normalized spacial score (nSPS) is 19.9. The molecular formula is C16H23NO3S2. The molecule has 0 aromatic heterocycles. The van der Waals surface area contributed by atoms with Gasteiger partial charge in [-0.3, -0.25) is 9.69 Å². The van der Waals surface area contributed by atoms with Crippen molar-refractivity contribution in [3.8, 4) is 5.75 Å². The smallest absolute Gasteiger partial charge is 0.262 e. The van der Waals surface area contributed by atoms with Gasteiger partial charge in [-0.1, -0.05) is 13.8 Å². The van der Waals surface area contributed by atoms with Gasteiger partial charge in [0.1, 0.15) is 5.75 Å². The van der Waals surface area contributed by atoms with Gasteiger partial charge in [0.15, 0.2) is 10.3 Å². The number of thioether (sulfide) groups is 2. The lowest BCUT2D eigenvalue weighted by Gasteiger charge is -2.54. The molecule has 0 aliphatic carbocycles. The van der Waals surface area contributed by atoms with Gasteiger partial charge in [-0.2, -0.15) is 0 Å². The molecule has 0 unspecified atom stereocenters. The van der Waals surface area contributed by atoms with E-state index >= 15 is 0 Å². The number of β-lactam (4-membered cyclic amide) rings is 1. The van der Waals surface area contributed by atoms with Crippen molar-refractivity contribution in [1.82, 2.24) is 0 Å². The molecule has 1 fully saturated rings. The van der Waals surface area contributed by atoms with Crippen molar-refractivity contribution < 1.29 is 14.6 Å². The number of rotatable bonds is 8. The Kier molecular flexibility index (Phi) is 6.06. The minimum absolute atomic E-state index is 0.225. The van der Waals surface area contributed by atoms with Crippen molar-refractivity contribution in [3.05, 3.63) is 24.3 Å². The number of hydrogen-bond acceptors (Lipinski definition) is 5. The monoisotopic (exact) mass is 341 g/mol. The summed E-state index contributed by atoms with van der Waals surface area (Å²) < 4.78 is 4.57. The maximum atomic E-state index is 12.3. The number of hydrogen-bond donors (Lipinski definition) is 1. The van der Waals surface area contributed by atoms with Crippen LogP contribution in [0.15, 0.2) is 24.3 Å². The van der Waals surface area contributed by atoms with Gasteiger partial charge in [0.05, 0.1) is 7.11 Å². The van der Waals surface area contributed by atoms with Gasteiger partial charge in [-0.15, -0.1) is 23.5 Å². The van der Waals surface area contributed by atoms with Crippen LogP contribution in [-0.4, -0.2) is 39.9 Å². The molecule has 22 heavy (non-hydrogen) atoms. The van der Waals surface area contributed by atoms with Crippen LogP contribution in [0, 0.1) is 0 Å². The molecule has 0 bridgehead atoms. The fourth-order valence-electron chi connectivity index (χ4n) is 2.35. The topological polar surface area (TPSA) is 49.8 Å². The SMILES string of the molecule is CCCSC1(SCCC)[C@H](O)C(=O)N1c1ccc(OC)cc1. The summed E-state index contributed by atoms with van der Waals surface area (Å²) in [7, 11) is 1.62. The summed E-state index contributed by atoms with van der Waals surface area (Å²) >= 11 is 3.32. The molecule has 2 rings (SSSR count). The summed E-state index contributed by atoms with van der Waals surface area (Å²) in [4.78, 5) is 14.0. The van der Waals surface area contributed by atoms with Crippen molar-refractivity contribution in [2.24, 2.45) is 0 Å². The zero-order chi connectivity index (χ0) is 16.2. The summed E-state index contributed by atoms with van der Waals surface area (Å²) in [5, 5.41) is 10.4. The van der Waals surface area contributed by atoms with Crippen LogP contribution in [0.3, 0.4) is 0 Å². The standard InChI is InChI=1S/C16H23NO3S2/c1-4-10-21-16(22-11-5-2)14(18)15(19)17(16)12-6-8-13(20-3)9-7-12/h6-9,14,18H,4-5,10-11H2,1-3H3/t14-/m1/s1. The first-order valence-electron chi connectivity index (χ1n) is 7.54. The Hall–Kier alpha value is -0.850. The van der Waals surface area contributed by atoms with Gasteiger partial charge in [0.25, 0.3) is 5.91 Å². The van der Waals surface area contributed by atoms with Crippen molar-refractivity contribution in [2.75, 3.05) is 23.5 Å². The maximum absolute atomic E-state index is 12.3. The number of aliphatic hydroxyl groups is 1. The second-order valence-electron chi connectivity index (χ2n) is 5.10. The van der Waals surface area contributed by atoms with Crippen LogP contribution in [0.25, 0.3) is 0 Å². The Labute approximate surface area is 140 Å². The molecule has 1 saturated heterocycles. The van der Waals surface area contributed by atoms with E-state index in [0.717, 1.165) is 35.8 Å². The van der Waals surface area contributed by atoms with E-state index in [2.05, 4.69) is 13.8 Å². The van der Waals surface area contributed by atoms with E-state index in [9.17, 15) is 9.90 Å². The molecule has 122 valence electrons. The van der Waals surface area contributed by atoms with Crippen LogP contribution in [0.4, 0.5) is 5.69 Å². The Morgan fingerprint density at radius 3 is 2.18 bits per heavy atom. The molecule has 1 heterocycles. The number of nitrogens with zero attached hydrogens (tertiary/aromatic N) is 1. The summed E-state index contributed by atoms with van der Waals surface area (Å²) in [6.45, 7) is 4.21. The average molecular weight is 341 g/mol. The van der Waals surface area contributed by atoms with E-state index in [-0.39, 0.29) is 5.91 Å². The van der Waals surface area contributed by atoms with Crippen LogP contribution in [0.5, 0.6) is 5.75 Å². The number of ether oxygens (including phenoxy) is 1. The van der Waals surface area contributed by atoms with Crippen LogP contribution >= 0.6 is 23.5 Å². The molecule has 0 saturated carbocycles. The Bertz CT molecular complexity index is 499. The first kappa shape index (κ1) is 17.5. The van der Waals surface area contributed by atoms with Gasteiger partial charge in [0, 0.05) is 5.69 Å². The fraction of sp³-hybridized carbons (Fsp3) is 0.562. The van der Waals surface area contributed by atoms with E-state index in [1.165, 1.54) is 0 Å². The molecule has 1 aliphatic heterocycles. The zero-order valence-corrected chi connectivity index (χ0v) is 14.9. The predicted octanol–water partition coefficient (Wildman–Crippen LogP) is 3.34. The van der Waals surface area contributed by atoms with E-state index in [4.69, 9.17) is 4.74 Å². The Balaban J connectivity index is 2.29. The Morgan fingerprint density at radius 2 is 1.73 bits per heavy atom. The van der Waals surface area contributed by atoms with E-state index in [1.54, 1.807) is 35.5 Å². The minimum atomic E-state index is -0.942. The summed E-state index contributed by atoms with van der Waals surface area (Å²) in [5.41, 5.74) is 0.809. The predicted molar refractivity (Wildman–Crippen MR) is 94.7 cm³/mol. The van der Waals surface area contributed by atoms with Gasteiger partial charge in [0.2, 0.25) is 0 Å². The van der Waals surface area contributed by atoms with E-state index in [1.807, 2.05) is 24.3 Å².